The number of carbonyl (C=O) groups is 3. The highest BCUT2D eigenvalue weighted by molar-refractivity contribution is 6.42. The first-order valence-corrected chi connectivity index (χ1v) is 12.0. The lowest BCUT2D eigenvalue weighted by atomic mass is 10.0. The van der Waals surface area contributed by atoms with Crippen LogP contribution >= 0.6 is 11.6 Å². The predicted molar refractivity (Wildman–Crippen MR) is 143 cm³/mol. The normalized spacial score (nSPS) is 14.5. The molecule has 3 aromatic carbocycles. The summed E-state index contributed by atoms with van der Waals surface area (Å²) in [4.78, 5) is 39.3. The van der Waals surface area contributed by atoms with E-state index < -0.39 is 17.8 Å². The summed E-state index contributed by atoms with van der Waals surface area (Å²) < 4.78 is 12.0. The molecule has 8 heteroatoms. The molecular weight excluding hydrogens is 492 g/mol. The molecule has 1 aliphatic rings. The molecule has 1 N–H and O–H groups in total. The molecule has 7 nitrogen and oxygen atoms in total. The first-order valence-electron chi connectivity index (χ1n) is 11.7. The van der Waals surface area contributed by atoms with E-state index in [1.165, 1.54) is 12.1 Å². The van der Waals surface area contributed by atoms with Gasteiger partial charge in [-0.1, -0.05) is 60.1 Å². The number of amides is 4. The van der Waals surface area contributed by atoms with Crippen molar-refractivity contribution in [3.63, 3.8) is 0 Å². The van der Waals surface area contributed by atoms with Crippen molar-refractivity contribution >= 4 is 41.2 Å². The van der Waals surface area contributed by atoms with Crippen molar-refractivity contribution < 1.29 is 23.9 Å². The summed E-state index contributed by atoms with van der Waals surface area (Å²) in [6, 6.07) is 18.8. The SMILES string of the molecule is C=CCc1cc(/C=C2\C(=O)NC(=O)N(c3ccccc3Cl)C2=O)cc(OCC)c1OCc1ccccc1. The zero-order valence-electron chi connectivity index (χ0n) is 20.2. The van der Waals surface area contributed by atoms with E-state index >= 15 is 0 Å². The van der Waals surface area contributed by atoms with Gasteiger partial charge in [0.05, 0.1) is 17.3 Å². The Labute approximate surface area is 219 Å². The second-order valence-corrected chi connectivity index (χ2v) is 8.52. The number of ether oxygens (including phenoxy) is 2. The summed E-state index contributed by atoms with van der Waals surface area (Å²) in [6.45, 7) is 6.40. The van der Waals surface area contributed by atoms with E-state index in [1.807, 2.05) is 37.3 Å². The second-order valence-electron chi connectivity index (χ2n) is 8.12. The fourth-order valence-corrected chi connectivity index (χ4v) is 4.13. The van der Waals surface area contributed by atoms with E-state index in [0.717, 1.165) is 16.0 Å². The number of benzene rings is 3. The number of hydrogen-bond acceptors (Lipinski definition) is 5. The number of anilines is 1. The van der Waals surface area contributed by atoms with Gasteiger partial charge in [0.1, 0.15) is 12.2 Å². The van der Waals surface area contributed by atoms with Gasteiger partial charge < -0.3 is 9.47 Å². The molecule has 1 aliphatic heterocycles. The molecule has 188 valence electrons. The van der Waals surface area contributed by atoms with Crippen LogP contribution in [-0.2, 0) is 22.6 Å². The van der Waals surface area contributed by atoms with Gasteiger partial charge in [0.2, 0.25) is 0 Å². The van der Waals surface area contributed by atoms with Gasteiger partial charge >= 0.3 is 6.03 Å². The Morgan fingerprint density at radius 3 is 2.43 bits per heavy atom. The van der Waals surface area contributed by atoms with Crippen LogP contribution in [0.4, 0.5) is 10.5 Å². The molecule has 1 saturated heterocycles. The molecule has 3 aromatic rings. The Morgan fingerprint density at radius 2 is 1.73 bits per heavy atom. The number of barbiturate groups is 1. The smallest absolute Gasteiger partial charge is 0.335 e. The lowest BCUT2D eigenvalue weighted by Gasteiger charge is -2.27. The van der Waals surface area contributed by atoms with Gasteiger partial charge in [0.25, 0.3) is 11.8 Å². The van der Waals surface area contributed by atoms with E-state index in [1.54, 1.807) is 36.4 Å². The van der Waals surface area contributed by atoms with Crippen LogP contribution in [-0.4, -0.2) is 24.5 Å². The quantitative estimate of drug-likeness (QED) is 0.223. The van der Waals surface area contributed by atoms with E-state index in [9.17, 15) is 14.4 Å². The van der Waals surface area contributed by atoms with Crippen molar-refractivity contribution in [3.05, 3.63) is 107 Å². The average molecular weight is 517 g/mol. The van der Waals surface area contributed by atoms with Gasteiger partial charge in [0, 0.05) is 5.56 Å². The van der Waals surface area contributed by atoms with Crippen LogP contribution < -0.4 is 19.7 Å². The number of para-hydroxylation sites is 1. The number of halogens is 1. The molecule has 0 unspecified atom stereocenters. The van der Waals surface area contributed by atoms with E-state index in [-0.39, 0.29) is 16.3 Å². The summed E-state index contributed by atoms with van der Waals surface area (Å²) >= 11 is 6.22. The maximum atomic E-state index is 13.3. The number of allylic oxidation sites excluding steroid dienone is 1. The molecule has 1 fully saturated rings. The van der Waals surface area contributed by atoms with Crippen molar-refractivity contribution in [1.29, 1.82) is 0 Å². The molecule has 0 saturated carbocycles. The van der Waals surface area contributed by atoms with Crippen molar-refractivity contribution in [2.24, 2.45) is 0 Å². The minimum Gasteiger partial charge on any atom is -0.490 e. The van der Waals surface area contributed by atoms with E-state index in [2.05, 4.69) is 11.9 Å². The van der Waals surface area contributed by atoms with Gasteiger partial charge in [-0.05, 0) is 54.8 Å². The Balaban J connectivity index is 1.73. The average Bonchev–Trinajstić information content (AvgIpc) is 2.88. The highest BCUT2D eigenvalue weighted by atomic mass is 35.5. The first kappa shape index (κ1) is 25.7. The summed E-state index contributed by atoms with van der Waals surface area (Å²) in [6.07, 6.45) is 3.61. The third kappa shape index (κ3) is 5.73. The van der Waals surface area contributed by atoms with Gasteiger partial charge in [0.15, 0.2) is 11.5 Å². The van der Waals surface area contributed by atoms with Crippen LogP contribution in [0.15, 0.2) is 85.0 Å². The predicted octanol–water partition coefficient (Wildman–Crippen LogP) is 5.71. The molecular formula is C29H25ClN2O5. The topological polar surface area (TPSA) is 84.9 Å². The maximum absolute atomic E-state index is 13.3. The molecule has 0 spiro atoms. The number of nitrogens with one attached hydrogen (secondary N) is 1. The molecule has 0 aliphatic carbocycles. The third-order valence-electron chi connectivity index (χ3n) is 5.55. The Hall–Kier alpha value is -4.36. The van der Waals surface area contributed by atoms with E-state index in [0.29, 0.717) is 36.7 Å². The zero-order valence-corrected chi connectivity index (χ0v) is 21.0. The van der Waals surface area contributed by atoms with Crippen LogP contribution in [0, 0.1) is 0 Å². The minimum absolute atomic E-state index is 0.178. The Morgan fingerprint density at radius 1 is 1.00 bits per heavy atom. The van der Waals surface area contributed by atoms with Crippen LogP contribution in [0.3, 0.4) is 0 Å². The van der Waals surface area contributed by atoms with Gasteiger partial charge in [-0.25, -0.2) is 9.69 Å². The van der Waals surface area contributed by atoms with Crippen molar-refractivity contribution in [1.82, 2.24) is 5.32 Å². The minimum atomic E-state index is -0.868. The fraction of sp³-hybridized carbons (Fsp3) is 0.138. The molecule has 1 heterocycles. The Bertz CT molecular complexity index is 1380. The zero-order chi connectivity index (χ0) is 26.4. The second kappa shape index (κ2) is 11.6. The Kier molecular flexibility index (Phi) is 8.05. The number of urea groups is 1. The van der Waals surface area contributed by atoms with Crippen molar-refractivity contribution in [2.75, 3.05) is 11.5 Å². The largest absolute Gasteiger partial charge is 0.490 e. The molecule has 0 radical (unpaired) electrons. The van der Waals surface area contributed by atoms with Crippen LogP contribution in [0.2, 0.25) is 5.02 Å². The van der Waals surface area contributed by atoms with Crippen molar-refractivity contribution in [2.45, 2.75) is 20.0 Å². The summed E-state index contributed by atoms with van der Waals surface area (Å²) in [7, 11) is 0. The van der Waals surface area contributed by atoms with Gasteiger partial charge in [-0.3, -0.25) is 14.9 Å². The number of nitrogens with zero attached hydrogens (tertiary/aromatic N) is 1. The standard InChI is InChI=1S/C29H25ClN2O5/c1-3-10-21-15-20(17-25(36-4-2)26(21)37-18-19-11-6-5-7-12-19)16-22-27(33)31-29(35)32(28(22)34)24-14-9-8-13-23(24)30/h3,5-9,11-17H,1,4,10,18H2,2H3,(H,31,33,35)/b22-16+. The molecule has 37 heavy (non-hydrogen) atoms. The lowest BCUT2D eigenvalue weighted by Crippen LogP contribution is -2.54. The van der Waals surface area contributed by atoms with Gasteiger partial charge in [-0.15, -0.1) is 6.58 Å². The first-order chi connectivity index (χ1) is 17.9. The number of imide groups is 2. The monoisotopic (exact) mass is 516 g/mol. The van der Waals surface area contributed by atoms with Crippen LogP contribution in [0.5, 0.6) is 11.5 Å². The van der Waals surface area contributed by atoms with E-state index in [4.69, 9.17) is 21.1 Å². The molecule has 0 atom stereocenters. The maximum Gasteiger partial charge on any atom is 0.335 e. The fourth-order valence-electron chi connectivity index (χ4n) is 3.91. The lowest BCUT2D eigenvalue weighted by molar-refractivity contribution is -0.122. The summed E-state index contributed by atoms with van der Waals surface area (Å²) in [5.41, 5.74) is 2.25. The highest BCUT2D eigenvalue weighted by Crippen LogP contribution is 2.36. The summed E-state index contributed by atoms with van der Waals surface area (Å²) in [5, 5.41) is 2.41. The highest BCUT2D eigenvalue weighted by Gasteiger charge is 2.37. The van der Waals surface area contributed by atoms with Crippen LogP contribution in [0.25, 0.3) is 6.08 Å². The third-order valence-corrected chi connectivity index (χ3v) is 5.87. The number of carbonyl (C=O) groups excluding carboxylic acids is 3. The van der Waals surface area contributed by atoms with Crippen molar-refractivity contribution in [3.8, 4) is 11.5 Å². The molecule has 4 rings (SSSR count). The summed E-state index contributed by atoms with van der Waals surface area (Å²) in [5.74, 6) is -0.562. The molecule has 0 bridgehead atoms. The van der Waals surface area contributed by atoms with Crippen LogP contribution in [0.1, 0.15) is 23.6 Å². The number of hydrogen-bond donors (Lipinski definition) is 1. The molecule has 0 aromatic heterocycles. The van der Waals surface area contributed by atoms with Gasteiger partial charge in [-0.2, -0.15) is 0 Å². The number of rotatable bonds is 9. The molecule has 4 amide bonds.